The molecule has 0 unspecified atom stereocenters. The van der Waals surface area contributed by atoms with Crippen LogP contribution in [0.2, 0.25) is 0 Å². The molecule has 0 spiro atoms. The zero-order valence-electron chi connectivity index (χ0n) is 19.3. The van der Waals surface area contributed by atoms with Crippen molar-refractivity contribution in [2.45, 2.75) is 24.2 Å². The Hall–Kier alpha value is -3.37. The standard InChI is InChI=1S/C25H27N3O6S/c29-25(10-9-24-26-18-23(34-24)19-5-2-1-3-6-19)27-11-13-28(14-12-27)35(30,31)20-7-8-21-22(17-20)33-16-4-15-32-21/h1-3,5-8,17-18H,4,9-16H2. The van der Waals surface area contributed by atoms with Crippen LogP contribution in [-0.4, -0.2) is 67.9 Å². The maximum absolute atomic E-state index is 13.2. The molecule has 5 rings (SSSR count). The first-order valence-corrected chi connectivity index (χ1v) is 13.1. The molecule has 0 radical (unpaired) electrons. The number of oxazole rings is 1. The van der Waals surface area contributed by atoms with Crippen LogP contribution in [0.25, 0.3) is 11.3 Å². The third-order valence-corrected chi connectivity index (χ3v) is 8.01. The number of carbonyl (C=O) groups excluding carboxylic acids is 1. The molecule has 10 heteroatoms. The molecule has 1 saturated heterocycles. The number of piperazine rings is 1. The van der Waals surface area contributed by atoms with Gasteiger partial charge in [-0.15, -0.1) is 0 Å². The van der Waals surface area contributed by atoms with Gasteiger partial charge >= 0.3 is 0 Å². The minimum Gasteiger partial charge on any atom is -0.490 e. The number of hydrogen-bond donors (Lipinski definition) is 0. The van der Waals surface area contributed by atoms with Crippen molar-refractivity contribution < 1.29 is 27.1 Å². The second kappa shape index (κ2) is 10.1. The lowest BCUT2D eigenvalue weighted by Crippen LogP contribution is -2.50. The van der Waals surface area contributed by atoms with Crippen LogP contribution in [0.4, 0.5) is 0 Å². The van der Waals surface area contributed by atoms with E-state index in [1.165, 1.54) is 10.4 Å². The molecular formula is C25H27N3O6S. The number of ether oxygens (including phenoxy) is 2. The second-order valence-electron chi connectivity index (χ2n) is 8.43. The fourth-order valence-electron chi connectivity index (χ4n) is 4.16. The molecule has 3 aromatic rings. The average molecular weight is 498 g/mol. The zero-order chi connectivity index (χ0) is 24.3. The predicted octanol–water partition coefficient (Wildman–Crippen LogP) is 2.97. The zero-order valence-corrected chi connectivity index (χ0v) is 20.1. The molecule has 2 aliphatic rings. The molecule has 0 aliphatic carbocycles. The highest BCUT2D eigenvalue weighted by Crippen LogP contribution is 2.33. The van der Waals surface area contributed by atoms with Crippen LogP contribution in [0, 0.1) is 0 Å². The van der Waals surface area contributed by atoms with Gasteiger partial charge in [0.2, 0.25) is 15.9 Å². The Balaban J connectivity index is 1.15. The Morgan fingerprint density at radius 2 is 1.69 bits per heavy atom. The Labute approximate surface area is 204 Å². The summed E-state index contributed by atoms with van der Waals surface area (Å²) in [4.78, 5) is 18.9. The molecule has 0 N–H and O–H groups in total. The largest absolute Gasteiger partial charge is 0.490 e. The van der Waals surface area contributed by atoms with E-state index in [9.17, 15) is 13.2 Å². The Kier molecular flexibility index (Phi) is 6.74. The third kappa shape index (κ3) is 5.18. The fraction of sp³-hybridized carbons (Fsp3) is 0.360. The molecule has 1 aromatic heterocycles. The van der Waals surface area contributed by atoms with E-state index in [4.69, 9.17) is 13.9 Å². The molecule has 9 nitrogen and oxygen atoms in total. The Morgan fingerprint density at radius 3 is 2.46 bits per heavy atom. The first kappa shape index (κ1) is 23.4. The summed E-state index contributed by atoms with van der Waals surface area (Å²) in [6.07, 6.45) is 3.06. The van der Waals surface area contributed by atoms with Crippen LogP contribution < -0.4 is 9.47 Å². The van der Waals surface area contributed by atoms with E-state index in [1.807, 2.05) is 30.3 Å². The smallest absolute Gasteiger partial charge is 0.243 e. The van der Waals surface area contributed by atoms with Crippen LogP contribution in [0.5, 0.6) is 11.5 Å². The Bertz CT molecular complexity index is 1280. The molecule has 3 heterocycles. The van der Waals surface area contributed by atoms with E-state index in [0.717, 1.165) is 12.0 Å². The van der Waals surface area contributed by atoms with Gasteiger partial charge in [0.05, 0.1) is 24.3 Å². The number of aromatic nitrogens is 1. The summed E-state index contributed by atoms with van der Waals surface area (Å²) >= 11 is 0. The minimum atomic E-state index is -3.70. The summed E-state index contributed by atoms with van der Waals surface area (Å²) in [6, 6.07) is 14.4. The maximum Gasteiger partial charge on any atom is 0.243 e. The quantitative estimate of drug-likeness (QED) is 0.516. The van der Waals surface area contributed by atoms with Gasteiger partial charge in [-0.25, -0.2) is 13.4 Å². The van der Waals surface area contributed by atoms with Crippen molar-refractivity contribution in [1.29, 1.82) is 0 Å². The second-order valence-corrected chi connectivity index (χ2v) is 10.4. The number of hydrogen-bond acceptors (Lipinski definition) is 7. The molecule has 35 heavy (non-hydrogen) atoms. The van der Waals surface area contributed by atoms with E-state index in [2.05, 4.69) is 4.98 Å². The summed E-state index contributed by atoms with van der Waals surface area (Å²) < 4.78 is 44.8. The normalized spacial score (nSPS) is 16.6. The number of benzene rings is 2. The van der Waals surface area contributed by atoms with Gasteiger partial charge in [0.1, 0.15) is 0 Å². The molecule has 2 aromatic carbocycles. The fourth-order valence-corrected chi connectivity index (χ4v) is 5.60. The summed E-state index contributed by atoms with van der Waals surface area (Å²) in [5.74, 6) is 2.13. The van der Waals surface area contributed by atoms with Gasteiger partial charge < -0.3 is 18.8 Å². The van der Waals surface area contributed by atoms with Gasteiger partial charge in [-0.2, -0.15) is 4.31 Å². The topological polar surface area (TPSA) is 102 Å². The van der Waals surface area contributed by atoms with Crippen molar-refractivity contribution in [3.63, 3.8) is 0 Å². The summed E-state index contributed by atoms with van der Waals surface area (Å²) in [6.45, 7) is 2.17. The summed E-state index contributed by atoms with van der Waals surface area (Å²) in [7, 11) is -3.70. The highest BCUT2D eigenvalue weighted by molar-refractivity contribution is 7.89. The molecule has 184 valence electrons. The predicted molar refractivity (Wildman–Crippen MR) is 128 cm³/mol. The number of carbonyl (C=O) groups is 1. The van der Waals surface area contributed by atoms with Gasteiger partial charge in [0.25, 0.3) is 0 Å². The highest BCUT2D eigenvalue weighted by atomic mass is 32.2. The number of rotatable bonds is 6. The van der Waals surface area contributed by atoms with Crippen molar-refractivity contribution >= 4 is 15.9 Å². The number of nitrogens with zero attached hydrogens (tertiary/aromatic N) is 3. The van der Waals surface area contributed by atoms with Gasteiger partial charge in [-0.1, -0.05) is 30.3 Å². The number of fused-ring (bicyclic) bond motifs is 1. The van der Waals surface area contributed by atoms with Crippen LogP contribution >= 0.6 is 0 Å². The minimum absolute atomic E-state index is 0.0444. The molecule has 2 aliphatic heterocycles. The molecular weight excluding hydrogens is 470 g/mol. The van der Waals surface area contributed by atoms with Crippen LogP contribution in [0.3, 0.4) is 0 Å². The first-order valence-electron chi connectivity index (χ1n) is 11.7. The lowest BCUT2D eigenvalue weighted by molar-refractivity contribution is -0.132. The Morgan fingerprint density at radius 1 is 0.943 bits per heavy atom. The van der Waals surface area contributed by atoms with Crippen LogP contribution in [0.1, 0.15) is 18.7 Å². The van der Waals surface area contributed by atoms with Crippen molar-refractivity contribution in [3.05, 3.63) is 60.6 Å². The van der Waals surface area contributed by atoms with Crippen LogP contribution in [0.15, 0.2) is 64.0 Å². The third-order valence-electron chi connectivity index (χ3n) is 6.11. The molecule has 0 atom stereocenters. The van der Waals surface area contributed by atoms with Crippen LogP contribution in [-0.2, 0) is 21.2 Å². The van der Waals surface area contributed by atoms with Crippen molar-refractivity contribution in [1.82, 2.24) is 14.2 Å². The van der Waals surface area contributed by atoms with Gasteiger partial charge in [0, 0.05) is 57.1 Å². The molecule has 1 amide bonds. The van der Waals surface area contributed by atoms with Gasteiger partial charge in [0.15, 0.2) is 23.1 Å². The maximum atomic E-state index is 13.2. The molecule has 1 fully saturated rings. The van der Waals surface area contributed by atoms with Crippen molar-refractivity contribution in [2.24, 2.45) is 0 Å². The lowest BCUT2D eigenvalue weighted by atomic mass is 10.2. The SMILES string of the molecule is O=C(CCc1ncc(-c2ccccc2)o1)N1CCN(S(=O)(=O)c2ccc3c(c2)OCCCO3)CC1. The first-order chi connectivity index (χ1) is 17.0. The van der Waals surface area contributed by atoms with Gasteiger partial charge in [-0.3, -0.25) is 4.79 Å². The lowest BCUT2D eigenvalue weighted by Gasteiger charge is -2.34. The van der Waals surface area contributed by atoms with Crippen molar-refractivity contribution in [3.8, 4) is 22.8 Å². The summed E-state index contributed by atoms with van der Waals surface area (Å²) in [5, 5.41) is 0. The van der Waals surface area contributed by atoms with E-state index in [1.54, 1.807) is 23.2 Å². The van der Waals surface area contributed by atoms with E-state index < -0.39 is 10.0 Å². The molecule has 0 bridgehead atoms. The number of amides is 1. The van der Waals surface area contributed by atoms with Gasteiger partial charge in [-0.05, 0) is 12.1 Å². The number of aryl methyl sites for hydroxylation is 1. The van der Waals surface area contributed by atoms with E-state index in [-0.39, 0.29) is 30.3 Å². The monoisotopic (exact) mass is 497 g/mol. The highest BCUT2D eigenvalue weighted by Gasteiger charge is 2.31. The number of sulfonamides is 1. The van der Waals surface area contributed by atoms with E-state index >= 15 is 0 Å². The van der Waals surface area contributed by atoms with E-state index in [0.29, 0.717) is 55.9 Å². The molecule has 0 saturated carbocycles. The summed E-state index contributed by atoms with van der Waals surface area (Å²) in [5.41, 5.74) is 0.934. The average Bonchev–Trinajstić information content (AvgIpc) is 3.25. The van der Waals surface area contributed by atoms with Crippen molar-refractivity contribution in [2.75, 3.05) is 39.4 Å².